The van der Waals surface area contributed by atoms with Gasteiger partial charge in [0.25, 0.3) is 0 Å². The lowest BCUT2D eigenvalue weighted by atomic mass is 10.3. The first-order valence-corrected chi connectivity index (χ1v) is 7.71. The van der Waals surface area contributed by atoms with E-state index in [2.05, 4.69) is 51.3 Å². The molecule has 2 heterocycles. The highest BCUT2D eigenvalue weighted by Gasteiger charge is 2.10. The van der Waals surface area contributed by atoms with Gasteiger partial charge in [-0.2, -0.15) is 0 Å². The molecule has 0 radical (unpaired) electrons. The van der Waals surface area contributed by atoms with Crippen LogP contribution in [0.2, 0.25) is 0 Å². The smallest absolute Gasteiger partial charge is 0.134 e. The molecule has 0 bridgehead atoms. The first-order valence-electron chi connectivity index (χ1n) is 6.05. The molecule has 0 atom stereocenters. The van der Waals surface area contributed by atoms with Crippen molar-refractivity contribution in [2.45, 2.75) is 26.4 Å². The standard InChI is InChI=1S/C12H18N4S2/c1-3-6-13-12-11(14-15-18-12)9-16(2)8-10-5-4-7-17-10/h4-5,7,13H,3,6,8-9H2,1-2H3. The fourth-order valence-electron chi connectivity index (χ4n) is 1.67. The normalized spacial score (nSPS) is 11.1. The Morgan fingerprint density at radius 1 is 1.39 bits per heavy atom. The molecule has 0 aromatic carbocycles. The molecule has 0 aliphatic rings. The lowest BCUT2D eigenvalue weighted by Crippen LogP contribution is -2.17. The number of hydrogen-bond acceptors (Lipinski definition) is 6. The molecule has 2 rings (SSSR count). The van der Waals surface area contributed by atoms with E-state index in [1.807, 2.05) is 0 Å². The van der Waals surface area contributed by atoms with Crippen LogP contribution < -0.4 is 5.32 Å². The minimum atomic E-state index is 0.834. The molecule has 0 saturated carbocycles. The van der Waals surface area contributed by atoms with Crippen LogP contribution in [0.4, 0.5) is 5.00 Å². The molecule has 4 nitrogen and oxygen atoms in total. The van der Waals surface area contributed by atoms with E-state index in [1.165, 1.54) is 16.4 Å². The molecule has 0 amide bonds. The summed E-state index contributed by atoms with van der Waals surface area (Å²) < 4.78 is 4.03. The Kier molecular flexibility index (Phi) is 5.10. The molecular weight excluding hydrogens is 264 g/mol. The van der Waals surface area contributed by atoms with Gasteiger partial charge in [-0.05, 0) is 24.9 Å². The average Bonchev–Trinajstić information content (AvgIpc) is 2.98. The zero-order chi connectivity index (χ0) is 12.8. The summed E-state index contributed by atoms with van der Waals surface area (Å²) in [5.41, 5.74) is 1.05. The largest absolute Gasteiger partial charge is 0.374 e. The van der Waals surface area contributed by atoms with Gasteiger partial charge in [0.1, 0.15) is 10.7 Å². The Balaban J connectivity index is 1.90. The Hall–Kier alpha value is -0.980. The van der Waals surface area contributed by atoms with Crippen LogP contribution in [0.25, 0.3) is 0 Å². The number of rotatable bonds is 7. The summed E-state index contributed by atoms with van der Waals surface area (Å²) in [6.07, 6.45) is 1.11. The molecule has 1 N–H and O–H groups in total. The summed E-state index contributed by atoms with van der Waals surface area (Å²) in [6.45, 7) is 4.93. The third kappa shape index (κ3) is 3.76. The van der Waals surface area contributed by atoms with Crippen LogP contribution >= 0.6 is 22.9 Å². The number of hydrogen-bond donors (Lipinski definition) is 1. The predicted molar refractivity (Wildman–Crippen MR) is 78.2 cm³/mol. The van der Waals surface area contributed by atoms with Crippen LogP contribution in [-0.2, 0) is 13.1 Å². The van der Waals surface area contributed by atoms with Crippen molar-refractivity contribution in [1.82, 2.24) is 14.5 Å². The summed E-state index contributed by atoms with van der Waals surface area (Å²) in [6, 6.07) is 4.25. The molecule has 2 aromatic heterocycles. The van der Waals surface area contributed by atoms with Crippen molar-refractivity contribution in [1.29, 1.82) is 0 Å². The fourth-order valence-corrected chi connectivity index (χ4v) is 3.05. The maximum atomic E-state index is 4.21. The molecule has 2 aromatic rings. The quantitative estimate of drug-likeness (QED) is 0.847. The lowest BCUT2D eigenvalue weighted by molar-refractivity contribution is 0.318. The van der Waals surface area contributed by atoms with Gasteiger partial charge in [0.15, 0.2) is 0 Å². The minimum absolute atomic E-state index is 0.834. The van der Waals surface area contributed by atoms with Crippen molar-refractivity contribution >= 4 is 27.9 Å². The first kappa shape index (κ1) is 13.5. The summed E-state index contributed by atoms with van der Waals surface area (Å²) >= 11 is 3.23. The zero-order valence-electron chi connectivity index (χ0n) is 10.7. The van der Waals surface area contributed by atoms with Crippen LogP contribution in [0.3, 0.4) is 0 Å². The Labute approximate surface area is 116 Å². The Morgan fingerprint density at radius 2 is 2.28 bits per heavy atom. The summed E-state index contributed by atoms with van der Waals surface area (Å²) in [7, 11) is 2.11. The summed E-state index contributed by atoms with van der Waals surface area (Å²) in [5, 5.41) is 10.8. The zero-order valence-corrected chi connectivity index (χ0v) is 12.4. The van der Waals surface area contributed by atoms with Crippen molar-refractivity contribution < 1.29 is 0 Å². The SMILES string of the molecule is CCCNc1snnc1CN(C)Cc1cccs1. The van der Waals surface area contributed by atoms with E-state index in [9.17, 15) is 0 Å². The van der Waals surface area contributed by atoms with Crippen molar-refractivity contribution in [2.75, 3.05) is 18.9 Å². The monoisotopic (exact) mass is 282 g/mol. The van der Waals surface area contributed by atoms with Crippen molar-refractivity contribution in [3.05, 3.63) is 28.1 Å². The first-order chi connectivity index (χ1) is 8.79. The second-order valence-corrected chi connectivity index (χ2v) is 6.01. The van der Waals surface area contributed by atoms with Gasteiger partial charge >= 0.3 is 0 Å². The third-order valence-electron chi connectivity index (χ3n) is 2.52. The van der Waals surface area contributed by atoms with Crippen molar-refractivity contribution in [3.8, 4) is 0 Å². The maximum absolute atomic E-state index is 4.21. The highest BCUT2D eigenvalue weighted by molar-refractivity contribution is 7.10. The van der Waals surface area contributed by atoms with Crippen molar-refractivity contribution in [2.24, 2.45) is 0 Å². The second kappa shape index (κ2) is 6.82. The van der Waals surface area contributed by atoms with Gasteiger partial charge in [0.2, 0.25) is 0 Å². The third-order valence-corrected chi connectivity index (χ3v) is 4.10. The second-order valence-electron chi connectivity index (χ2n) is 4.23. The summed E-state index contributed by atoms with van der Waals surface area (Å²) in [5.74, 6) is 0. The highest BCUT2D eigenvalue weighted by atomic mass is 32.1. The summed E-state index contributed by atoms with van der Waals surface area (Å²) in [4.78, 5) is 3.64. The molecule has 6 heteroatoms. The number of nitrogens with zero attached hydrogens (tertiary/aromatic N) is 3. The molecule has 0 fully saturated rings. The Morgan fingerprint density at radius 3 is 3.00 bits per heavy atom. The van der Waals surface area contributed by atoms with Gasteiger partial charge in [-0.15, -0.1) is 16.4 Å². The Bertz CT molecular complexity index is 452. The van der Waals surface area contributed by atoms with E-state index < -0.39 is 0 Å². The average molecular weight is 282 g/mol. The van der Waals surface area contributed by atoms with E-state index in [0.717, 1.165) is 36.8 Å². The molecule has 98 valence electrons. The molecule has 0 aliphatic carbocycles. The van der Waals surface area contributed by atoms with E-state index in [0.29, 0.717) is 0 Å². The molecule has 18 heavy (non-hydrogen) atoms. The van der Waals surface area contributed by atoms with E-state index in [1.54, 1.807) is 11.3 Å². The lowest BCUT2D eigenvalue weighted by Gasteiger charge is -2.14. The fraction of sp³-hybridized carbons (Fsp3) is 0.500. The molecular formula is C12H18N4S2. The van der Waals surface area contributed by atoms with Crippen LogP contribution in [0.5, 0.6) is 0 Å². The topological polar surface area (TPSA) is 41.1 Å². The van der Waals surface area contributed by atoms with Gasteiger partial charge in [0.05, 0.1) is 0 Å². The maximum Gasteiger partial charge on any atom is 0.134 e. The van der Waals surface area contributed by atoms with Crippen LogP contribution in [-0.4, -0.2) is 28.1 Å². The number of nitrogens with one attached hydrogen (secondary N) is 1. The number of aromatic nitrogens is 2. The molecule has 0 unspecified atom stereocenters. The highest BCUT2D eigenvalue weighted by Crippen LogP contribution is 2.20. The van der Waals surface area contributed by atoms with E-state index in [-0.39, 0.29) is 0 Å². The van der Waals surface area contributed by atoms with E-state index >= 15 is 0 Å². The van der Waals surface area contributed by atoms with Gasteiger partial charge in [-0.3, -0.25) is 4.90 Å². The molecule has 0 spiro atoms. The van der Waals surface area contributed by atoms with Gasteiger partial charge < -0.3 is 5.32 Å². The molecule has 0 aliphatic heterocycles. The van der Waals surface area contributed by atoms with Gasteiger partial charge in [0, 0.05) is 36.0 Å². The minimum Gasteiger partial charge on any atom is -0.374 e. The van der Waals surface area contributed by atoms with E-state index in [4.69, 9.17) is 0 Å². The number of thiophene rings is 1. The van der Waals surface area contributed by atoms with Crippen LogP contribution in [0.1, 0.15) is 23.9 Å². The predicted octanol–water partition coefficient (Wildman–Crippen LogP) is 3.05. The molecule has 0 saturated heterocycles. The van der Waals surface area contributed by atoms with Crippen LogP contribution in [0, 0.1) is 0 Å². The van der Waals surface area contributed by atoms with Crippen molar-refractivity contribution in [3.63, 3.8) is 0 Å². The van der Waals surface area contributed by atoms with Gasteiger partial charge in [-0.25, -0.2) is 0 Å². The van der Waals surface area contributed by atoms with Gasteiger partial charge in [-0.1, -0.05) is 17.5 Å². The number of anilines is 1. The van der Waals surface area contributed by atoms with Crippen LogP contribution in [0.15, 0.2) is 17.5 Å².